The molecule has 84 valence electrons. The summed E-state index contributed by atoms with van der Waals surface area (Å²) in [6, 6.07) is 9.94. The van der Waals surface area contributed by atoms with E-state index in [1.165, 1.54) is 0 Å². The van der Waals surface area contributed by atoms with Crippen LogP contribution in [0.1, 0.15) is 12.8 Å². The summed E-state index contributed by atoms with van der Waals surface area (Å²) < 4.78 is 0. The van der Waals surface area contributed by atoms with Crippen LogP contribution in [-0.4, -0.2) is 29.5 Å². The molecule has 0 radical (unpaired) electrons. The van der Waals surface area contributed by atoms with Gasteiger partial charge in [0.25, 0.3) is 0 Å². The lowest BCUT2D eigenvalue weighted by atomic mass is 10.1. The van der Waals surface area contributed by atoms with Gasteiger partial charge in [0.1, 0.15) is 0 Å². The van der Waals surface area contributed by atoms with Crippen molar-refractivity contribution in [3.63, 3.8) is 0 Å². The van der Waals surface area contributed by atoms with Crippen molar-refractivity contribution in [2.75, 3.05) is 18.5 Å². The Bertz CT molecular complexity index is 385. The molecule has 1 fully saturated rings. The molecule has 1 aliphatic rings. The highest BCUT2D eigenvalue weighted by molar-refractivity contribution is 6.40. The molecule has 3 N–H and O–H groups in total. The van der Waals surface area contributed by atoms with Gasteiger partial charge in [-0.05, 0) is 25.0 Å². The average molecular weight is 216 g/mol. The minimum absolute atomic E-state index is 0.418. The van der Waals surface area contributed by atoms with Crippen molar-refractivity contribution in [2.24, 2.45) is 0 Å². The second-order valence-corrected chi connectivity index (χ2v) is 3.96. The maximum Gasteiger partial charge on any atom is 0.0680 e. The second-order valence-electron chi connectivity index (χ2n) is 3.96. The summed E-state index contributed by atoms with van der Waals surface area (Å²) in [4.78, 5) is 0. The molecule has 1 heterocycles. The Hall–Kier alpha value is -1.68. The van der Waals surface area contributed by atoms with Gasteiger partial charge in [0.2, 0.25) is 0 Å². The van der Waals surface area contributed by atoms with Gasteiger partial charge in [-0.1, -0.05) is 18.2 Å². The maximum absolute atomic E-state index is 7.72. The summed E-state index contributed by atoms with van der Waals surface area (Å²) in [6.07, 6.45) is 1.65. The summed E-state index contributed by atoms with van der Waals surface area (Å²) in [7, 11) is 0. The zero-order valence-corrected chi connectivity index (χ0v) is 9.16. The van der Waals surface area contributed by atoms with E-state index in [0.717, 1.165) is 18.7 Å². The third-order valence-corrected chi connectivity index (χ3v) is 2.63. The van der Waals surface area contributed by atoms with E-state index in [1.807, 2.05) is 35.3 Å². The van der Waals surface area contributed by atoms with Gasteiger partial charge in [0, 0.05) is 12.2 Å². The molecular weight excluding hydrogens is 200 g/mol. The monoisotopic (exact) mass is 216 g/mol. The first-order valence-electron chi connectivity index (χ1n) is 5.47. The lowest BCUT2D eigenvalue weighted by molar-refractivity contribution is 0.376. The maximum atomic E-state index is 7.72. The van der Waals surface area contributed by atoms with Crippen LogP contribution in [-0.2, 0) is 0 Å². The minimum Gasteiger partial charge on any atom is -0.319 e. The van der Waals surface area contributed by atoms with E-state index in [1.54, 1.807) is 0 Å². The number of nitrogens with zero attached hydrogens (tertiary/aromatic N) is 1. The fraction of sp³-hybridized carbons (Fsp3) is 0.333. The Morgan fingerprint density at radius 2 is 1.81 bits per heavy atom. The van der Waals surface area contributed by atoms with E-state index < -0.39 is 0 Å². The first-order valence-corrected chi connectivity index (χ1v) is 5.47. The third kappa shape index (κ3) is 2.67. The topological polar surface area (TPSA) is 63.0 Å². The molecule has 0 bridgehead atoms. The van der Waals surface area contributed by atoms with Gasteiger partial charge in [0.05, 0.1) is 18.0 Å². The standard InChI is InChI=1S/C12H16N4/c13-11-7-4-8-16(9-12(11)14)15-10-5-2-1-3-6-10/h1-3,5-6,13-15H,4,7-9H2. The molecule has 0 atom stereocenters. The third-order valence-electron chi connectivity index (χ3n) is 2.63. The van der Waals surface area contributed by atoms with Crippen LogP contribution >= 0.6 is 0 Å². The smallest absolute Gasteiger partial charge is 0.0680 e. The van der Waals surface area contributed by atoms with Gasteiger partial charge < -0.3 is 16.2 Å². The van der Waals surface area contributed by atoms with Crippen molar-refractivity contribution in [3.8, 4) is 0 Å². The molecule has 16 heavy (non-hydrogen) atoms. The lowest BCUT2D eigenvalue weighted by Crippen LogP contribution is -2.34. The van der Waals surface area contributed by atoms with Crippen molar-refractivity contribution in [3.05, 3.63) is 30.3 Å². The first kappa shape index (κ1) is 10.8. The first-order chi connectivity index (χ1) is 7.75. The fourth-order valence-corrected chi connectivity index (χ4v) is 1.75. The van der Waals surface area contributed by atoms with Crippen molar-refractivity contribution in [1.29, 1.82) is 10.8 Å². The minimum atomic E-state index is 0.418. The highest BCUT2D eigenvalue weighted by Crippen LogP contribution is 2.10. The lowest BCUT2D eigenvalue weighted by Gasteiger charge is -2.21. The molecule has 1 saturated heterocycles. The molecule has 1 aromatic carbocycles. The largest absolute Gasteiger partial charge is 0.319 e. The van der Waals surface area contributed by atoms with Crippen molar-refractivity contribution in [2.45, 2.75) is 12.8 Å². The van der Waals surface area contributed by atoms with Crippen molar-refractivity contribution >= 4 is 17.1 Å². The van der Waals surface area contributed by atoms with Crippen LogP contribution in [0.15, 0.2) is 30.3 Å². The Balaban J connectivity index is 2.00. The molecular formula is C12H16N4. The van der Waals surface area contributed by atoms with Gasteiger partial charge in [-0.3, -0.25) is 0 Å². The van der Waals surface area contributed by atoms with Gasteiger partial charge in [-0.2, -0.15) is 0 Å². The Morgan fingerprint density at radius 3 is 2.56 bits per heavy atom. The molecule has 2 rings (SSSR count). The van der Waals surface area contributed by atoms with Crippen LogP contribution in [0.3, 0.4) is 0 Å². The number of hydrogen-bond donors (Lipinski definition) is 3. The van der Waals surface area contributed by atoms with Crippen LogP contribution in [0.25, 0.3) is 0 Å². The number of anilines is 1. The number of hydrazine groups is 1. The number of para-hydroxylation sites is 1. The zero-order chi connectivity index (χ0) is 11.4. The van der Waals surface area contributed by atoms with Gasteiger partial charge in [0.15, 0.2) is 0 Å². The molecule has 1 aliphatic heterocycles. The number of nitrogens with one attached hydrogen (secondary N) is 3. The summed E-state index contributed by atoms with van der Waals surface area (Å²) >= 11 is 0. The number of benzene rings is 1. The molecule has 4 nitrogen and oxygen atoms in total. The van der Waals surface area contributed by atoms with Gasteiger partial charge in [-0.15, -0.1) is 0 Å². The molecule has 0 unspecified atom stereocenters. The fourth-order valence-electron chi connectivity index (χ4n) is 1.75. The van der Waals surface area contributed by atoms with E-state index in [-0.39, 0.29) is 0 Å². The Morgan fingerprint density at radius 1 is 1.06 bits per heavy atom. The van der Waals surface area contributed by atoms with Crippen LogP contribution in [0.4, 0.5) is 5.69 Å². The predicted octanol–water partition coefficient (Wildman–Crippen LogP) is 2.15. The summed E-state index contributed by atoms with van der Waals surface area (Å²) in [5.74, 6) is 0. The molecule has 0 aromatic heterocycles. The molecule has 1 aromatic rings. The van der Waals surface area contributed by atoms with Crippen LogP contribution in [0.5, 0.6) is 0 Å². The quantitative estimate of drug-likeness (QED) is 0.709. The van der Waals surface area contributed by atoms with E-state index in [9.17, 15) is 0 Å². The Kier molecular flexibility index (Phi) is 3.31. The van der Waals surface area contributed by atoms with Crippen LogP contribution < -0.4 is 5.43 Å². The predicted molar refractivity (Wildman–Crippen MR) is 66.3 cm³/mol. The van der Waals surface area contributed by atoms with E-state index >= 15 is 0 Å². The van der Waals surface area contributed by atoms with E-state index in [0.29, 0.717) is 24.4 Å². The molecule has 0 saturated carbocycles. The average Bonchev–Trinajstić information content (AvgIpc) is 2.43. The van der Waals surface area contributed by atoms with Crippen molar-refractivity contribution in [1.82, 2.24) is 5.01 Å². The van der Waals surface area contributed by atoms with Crippen molar-refractivity contribution < 1.29 is 0 Å². The normalized spacial score (nSPS) is 18.2. The highest BCUT2D eigenvalue weighted by atomic mass is 15.5. The molecule has 0 spiro atoms. The Labute approximate surface area is 95.3 Å². The zero-order valence-electron chi connectivity index (χ0n) is 9.16. The molecule has 0 aliphatic carbocycles. The highest BCUT2D eigenvalue weighted by Gasteiger charge is 2.16. The van der Waals surface area contributed by atoms with E-state index in [4.69, 9.17) is 10.8 Å². The number of hydrogen-bond acceptors (Lipinski definition) is 4. The van der Waals surface area contributed by atoms with Gasteiger partial charge in [-0.25, -0.2) is 5.01 Å². The second kappa shape index (κ2) is 4.90. The van der Waals surface area contributed by atoms with Crippen LogP contribution in [0.2, 0.25) is 0 Å². The summed E-state index contributed by atoms with van der Waals surface area (Å²) in [5, 5.41) is 17.3. The molecule has 4 heteroatoms. The van der Waals surface area contributed by atoms with Crippen LogP contribution in [0, 0.1) is 10.8 Å². The molecule has 0 amide bonds. The summed E-state index contributed by atoms with van der Waals surface area (Å²) in [6.45, 7) is 1.38. The van der Waals surface area contributed by atoms with E-state index in [2.05, 4.69) is 5.43 Å². The summed E-state index contributed by atoms with van der Waals surface area (Å²) in [5.41, 5.74) is 5.19. The number of rotatable bonds is 2. The SMILES string of the molecule is N=C1CCCN(Nc2ccccc2)CC1=N. The van der Waals surface area contributed by atoms with Gasteiger partial charge >= 0.3 is 0 Å².